The molecule has 0 unspecified atom stereocenters. The lowest BCUT2D eigenvalue weighted by atomic mass is 10.2. The molecular formula is C10H16N2O3S. The highest BCUT2D eigenvalue weighted by Gasteiger charge is 2.10. The fraction of sp³-hybridized carbons (Fsp3) is 0.400. The molecule has 0 spiro atoms. The van der Waals surface area contributed by atoms with Gasteiger partial charge in [0, 0.05) is 17.8 Å². The van der Waals surface area contributed by atoms with Gasteiger partial charge >= 0.3 is 0 Å². The fourth-order valence-corrected chi connectivity index (χ4v) is 1.69. The monoisotopic (exact) mass is 244 g/mol. The molecular weight excluding hydrogens is 228 g/mol. The van der Waals surface area contributed by atoms with Crippen LogP contribution in [-0.2, 0) is 10.0 Å². The molecule has 0 saturated carbocycles. The summed E-state index contributed by atoms with van der Waals surface area (Å²) in [5, 5.41) is 5.01. The Morgan fingerprint density at radius 2 is 1.94 bits per heavy atom. The maximum absolute atomic E-state index is 11.1. The Morgan fingerprint density at radius 3 is 2.44 bits per heavy atom. The number of nitrogens with two attached hydrogens (primary N) is 2. The molecule has 4 N–H and O–H groups in total. The van der Waals surface area contributed by atoms with Gasteiger partial charge in [-0.2, -0.15) is 0 Å². The van der Waals surface area contributed by atoms with Gasteiger partial charge in [-0.25, -0.2) is 13.6 Å². The van der Waals surface area contributed by atoms with Crippen LogP contribution in [-0.4, -0.2) is 15.0 Å². The van der Waals surface area contributed by atoms with E-state index in [0.717, 1.165) is 0 Å². The first-order valence-electron chi connectivity index (χ1n) is 4.85. The van der Waals surface area contributed by atoms with Crippen molar-refractivity contribution in [2.75, 3.05) is 12.3 Å². The first-order chi connectivity index (χ1) is 7.29. The molecule has 0 aliphatic carbocycles. The molecule has 0 amide bonds. The summed E-state index contributed by atoms with van der Waals surface area (Å²) in [7, 11) is -3.75. The fourth-order valence-electron chi connectivity index (χ4n) is 1.10. The van der Waals surface area contributed by atoms with Crippen LogP contribution in [0.3, 0.4) is 0 Å². The molecule has 0 fully saturated rings. The first-order valence-corrected chi connectivity index (χ1v) is 6.40. The number of hydrogen-bond donors (Lipinski definition) is 2. The molecule has 1 rings (SSSR count). The van der Waals surface area contributed by atoms with Gasteiger partial charge in [0.1, 0.15) is 5.75 Å². The Kier molecular flexibility index (Phi) is 3.77. The van der Waals surface area contributed by atoms with E-state index in [2.05, 4.69) is 0 Å². The molecule has 0 saturated heterocycles. The van der Waals surface area contributed by atoms with Crippen molar-refractivity contribution in [3.05, 3.63) is 18.2 Å². The van der Waals surface area contributed by atoms with Gasteiger partial charge in [-0.1, -0.05) is 13.8 Å². The number of ether oxygens (including phenoxy) is 1. The second kappa shape index (κ2) is 4.71. The third-order valence-electron chi connectivity index (χ3n) is 1.81. The van der Waals surface area contributed by atoms with Crippen molar-refractivity contribution < 1.29 is 13.2 Å². The number of sulfonamides is 1. The minimum atomic E-state index is -3.75. The van der Waals surface area contributed by atoms with Crippen molar-refractivity contribution in [3.63, 3.8) is 0 Å². The largest absolute Gasteiger partial charge is 0.493 e. The molecule has 0 radical (unpaired) electrons. The van der Waals surface area contributed by atoms with Crippen LogP contribution in [0.2, 0.25) is 0 Å². The number of anilines is 1. The second-order valence-corrected chi connectivity index (χ2v) is 5.55. The van der Waals surface area contributed by atoms with Crippen molar-refractivity contribution in [2.45, 2.75) is 18.7 Å². The van der Waals surface area contributed by atoms with Crippen molar-refractivity contribution in [1.82, 2.24) is 0 Å². The van der Waals surface area contributed by atoms with E-state index in [1.807, 2.05) is 13.8 Å². The van der Waals surface area contributed by atoms with E-state index in [1.54, 1.807) is 6.07 Å². The summed E-state index contributed by atoms with van der Waals surface area (Å²) >= 11 is 0. The predicted molar refractivity (Wildman–Crippen MR) is 62.6 cm³/mol. The molecule has 1 aromatic carbocycles. The maximum Gasteiger partial charge on any atom is 0.238 e. The molecule has 16 heavy (non-hydrogen) atoms. The topological polar surface area (TPSA) is 95.4 Å². The van der Waals surface area contributed by atoms with Crippen molar-refractivity contribution in [3.8, 4) is 5.75 Å². The van der Waals surface area contributed by atoms with Gasteiger partial charge in [0.05, 0.1) is 11.5 Å². The van der Waals surface area contributed by atoms with Crippen LogP contribution in [0.25, 0.3) is 0 Å². The Balaban J connectivity index is 3.00. The zero-order valence-corrected chi connectivity index (χ0v) is 10.1. The Bertz CT molecular complexity index is 469. The minimum absolute atomic E-state index is 0.0359. The summed E-state index contributed by atoms with van der Waals surface area (Å²) in [5.41, 5.74) is 5.87. The van der Waals surface area contributed by atoms with E-state index >= 15 is 0 Å². The SMILES string of the molecule is CC(C)COc1cc(N)cc(S(N)(=O)=O)c1. The van der Waals surface area contributed by atoms with Crippen molar-refractivity contribution in [2.24, 2.45) is 11.1 Å². The second-order valence-electron chi connectivity index (χ2n) is 3.99. The molecule has 90 valence electrons. The number of primary sulfonamides is 1. The highest BCUT2D eigenvalue weighted by Crippen LogP contribution is 2.21. The minimum Gasteiger partial charge on any atom is -0.493 e. The van der Waals surface area contributed by atoms with Crippen LogP contribution in [0.1, 0.15) is 13.8 Å². The highest BCUT2D eigenvalue weighted by molar-refractivity contribution is 7.89. The van der Waals surface area contributed by atoms with Gasteiger partial charge in [-0.15, -0.1) is 0 Å². The molecule has 0 aliphatic rings. The van der Waals surface area contributed by atoms with E-state index in [-0.39, 0.29) is 4.90 Å². The zero-order valence-electron chi connectivity index (χ0n) is 9.30. The van der Waals surface area contributed by atoms with Gasteiger partial charge in [-0.05, 0) is 12.0 Å². The number of benzene rings is 1. The van der Waals surface area contributed by atoms with E-state index < -0.39 is 10.0 Å². The molecule has 0 aliphatic heterocycles. The van der Waals surface area contributed by atoms with Crippen molar-refractivity contribution >= 4 is 15.7 Å². The van der Waals surface area contributed by atoms with Gasteiger partial charge < -0.3 is 10.5 Å². The van der Waals surface area contributed by atoms with E-state index in [4.69, 9.17) is 15.6 Å². The lowest BCUT2D eigenvalue weighted by Crippen LogP contribution is -2.13. The van der Waals surface area contributed by atoms with Crippen LogP contribution >= 0.6 is 0 Å². The maximum atomic E-state index is 11.1. The molecule has 0 atom stereocenters. The molecule has 0 bridgehead atoms. The quantitative estimate of drug-likeness (QED) is 0.771. The first kappa shape index (κ1) is 12.8. The van der Waals surface area contributed by atoms with Gasteiger partial charge in [0.25, 0.3) is 0 Å². The highest BCUT2D eigenvalue weighted by atomic mass is 32.2. The molecule has 0 aromatic heterocycles. The normalized spacial score (nSPS) is 11.8. The molecule has 0 heterocycles. The Labute approximate surface area is 95.4 Å². The number of hydrogen-bond acceptors (Lipinski definition) is 4. The molecule has 5 nitrogen and oxygen atoms in total. The van der Waals surface area contributed by atoms with Crippen molar-refractivity contribution in [1.29, 1.82) is 0 Å². The summed E-state index contributed by atoms with van der Waals surface area (Å²) in [6.07, 6.45) is 0. The Hall–Kier alpha value is -1.27. The van der Waals surface area contributed by atoms with E-state index in [1.165, 1.54) is 12.1 Å². The smallest absolute Gasteiger partial charge is 0.238 e. The van der Waals surface area contributed by atoms with Gasteiger partial charge in [0.15, 0.2) is 0 Å². The summed E-state index contributed by atoms with van der Waals surface area (Å²) in [4.78, 5) is -0.0359. The number of nitrogen functional groups attached to an aromatic ring is 1. The van der Waals surface area contributed by atoms with Crippen LogP contribution in [0.15, 0.2) is 23.1 Å². The Morgan fingerprint density at radius 1 is 1.31 bits per heavy atom. The summed E-state index contributed by atoms with van der Waals surface area (Å²) in [6, 6.07) is 4.24. The summed E-state index contributed by atoms with van der Waals surface area (Å²) in [6.45, 7) is 4.48. The average molecular weight is 244 g/mol. The van der Waals surface area contributed by atoms with E-state index in [0.29, 0.717) is 24.0 Å². The summed E-state index contributed by atoms with van der Waals surface area (Å²) < 4.78 is 27.7. The lowest BCUT2D eigenvalue weighted by Gasteiger charge is -2.10. The number of rotatable bonds is 4. The van der Waals surface area contributed by atoms with Crippen LogP contribution < -0.4 is 15.6 Å². The average Bonchev–Trinajstić information content (AvgIpc) is 2.12. The third-order valence-corrected chi connectivity index (χ3v) is 2.71. The van der Waals surface area contributed by atoms with Crippen LogP contribution in [0, 0.1) is 5.92 Å². The zero-order chi connectivity index (χ0) is 12.3. The van der Waals surface area contributed by atoms with Crippen LogP contribution in [0.4, 0.5) is 5.69 Å². The predicted octanol–water partition coefficient (Wildman–Crippen LogP) is 0.951. The van der Waals surface area contributed by atoms with Crippen LogP contribution in [0.5, 0.6) is 5.75 Å². The van der Waals surface area contributed by atoms with E-state index in [9.17, 15) is 8.42 Å². The van der Waals surface area contributed by atoms with Gasteiger partial charge in [0.2, 0.25) is 10.0 Å². The van der Waals surface area contributed by atoms with Gasteiger partial charge in [-0.3, -0.25) is 0 Å². The summed E-state index contributed by atoms with van der Waals surface area (Å²) in [5.74, 6) is 0.761. The standard InChI is InChI=1S/C10H16N2O3S/c1-7(2)6-15-9-3-8(11)4-10(5-9)16(12,13)14/h3-5,7H,6,11H2,1-2H3,(H2,12,13,14). The molecule has 1 aromatic rings. The lowest BCUT2D eigenvalue weighted by molar-refractivity contribution is 0.270. The molecule has 6 heteroatoms. The third kappa shape index (κ3) is 3.71.